The van der Waals surface area contributed by atoms with Crippen molar-refractivity contribution in [2.45, 2.75) is 77.9 Å². The first-order chi connectivity index (χ1) is 8.99. The van der Waals surface area contributed by atoms with E-state index < -0.39 is 0 Å². The fourth-order valence-corrected chi connectivity index (χ4v) is 3.91. The van der Waals surface area contributed by atoms with E-state index in [0.29, 0.717) is 17.6 Å². The Kier molecular flexibility index (Phi) is 5.30. The van der Waals surface area contributed by atoms with Crippen molar-refractivity contribution in [1.29, 1.82) is 0 Å². The van der Waals surface area contributed by atoms with Crippen molar-refractivity contribution in [1.82, 2.24) is 5.32 Å². The van der Waals surface area contributed by atoms with Crippen molar-refractivity contribution in [3.63, 3.8) is 0 Å². The van der Waals surface area contributed by atoms with Gasteiger partial charge in [-0.1, -0.05) is 20.8 Å². The van der Waals surface area contributed by atoms with E-state index in [-0.39, 0.29) is 0 Å². The third-order valence-electron chi connectivity index (χ3n) is 5.48. The van der Waals surface area contributed by atoms with Gasteiger partial charge in [0.1, 0.15) is 0 Å². The molecular weight excluding hydrogens is 234 g/mol. The molecule has 0 aromatic carbocycles. The zero-order valence-electron chi connectivity index (χ0n) is 13.4. The van der Waals surface area contributed by atoms with Crippen molar-refractivity contribution in [3.05, 3.63) is 0 Å². The minimum Gasteiger partial charge on any atom is -0.381 e. The van der Waals surface area contributed by atoms with Gasteiger partial charge in [-0.15, -0.1) is 0 Å². The van der Waals surface area contributed by atoms with E-state index in [1.165, 1.54) is 51.5 Å². The van der Waals surface area contributed by atoms with E-state index in [4.69, 9.17) is 4.74 Å². The topological polar surface area (TPSA) is 21.3 Å². The summed E-state index contributed by atoms with van der Waals surface area (Å²) >= 11 is 0. The molecule has 2 saturated carbocycles. The smallest absolute Gasteiger partial charge is 0.0586 e. The standard InChI is InChI=1S/C17H33NO/c1-17(2,3)14-7-5-13(6-8-14)12-18-15-9-10-16(11-15)19-4/h13-16,18H,5-12H2,1-4H3. The highest BCUT2D eigenvalue weighted by molar-refractivity contribution is 4.84. The first-order valence-electron chi connectivity index (χ1n) is 8.25. The van der Waals surface area contributed by atoms with Crippen LogP contribution in [0, 0.1) is 17.3 Å². The van der Waals surface area contributed by atoms with Gasteiger partial charge < -0.3 is 10.1 Å². The SMILES string of the molecule is COC1CCC(NCC2CCC(C(C)(C)C)CC2)C1. The van der Waals surface area contributed by atoms with Crippen molar-refractivity contribution < 1.29 is 4.74 Å². The van der Waals surface area contributed by atoms with Crippen LogP contribution in [0.15, 0.2) is 0 Å². The van der Waals surface area contributed by atoms with Gasteiger partial charge in [-0.05, 0) is 68.7 Å². The summed E-state index contributed by atoms with van der Waals surface area (Å²) in [5.41, 5.74) is 0.509. The first-order valence-corrected chi connectivity index (χ1v) is 8.25. The van der Waals surface area contributed by atoms with Gasteiger partial charge in [0.2, 0.25) is 0 Å². The molecule has 0 aromatic heterocycles. The summed E-state index contributed by atoms with van der Waals surface area (Å²) < 4.78 is 5.44. The fourth-order valence-electron chi connectivity index (χ4n) is 3.91. The average molecular weight is 267 g/mol. The quantitative estimate of drug-likeness (QED) is 0.831. The van der Waals surface area contributed by atoms with Gasteiger partial charge in [-0.25, -0.2) is 0 Å². The molecule has 0 aliphatic heterocycles. The zero-order chi connectivity index (χ0) is 13.9. The molecule has 0 bridgehead atoms. The zero-order valence-corrected chi connectivity index (χ0v) is 13.4. The van der Waals surface area contributed by atoms with Crippen molar-refractivity contribution in [3.8, 4) is 0 Å². The summed E-state index contributed by atoms with van der Waals surface area (Å²) in [5, 5.41) is 3.79. The average Bonchev–Trinajstić information content (AvgIpc) is 2.84. The monoisotopic (exact) mass is 267 g/mol. The molecule has 0 radical (unpaired) electrons. The van der Waals surface area contributed by atoms with Gasteiger partial charge in [-0.2, -0.15) is 0 Å². The second-order valence-electron chi connectivity index (χ2n) is 7.86. The molecule has 2 unspecified atom stereocenters. The van der Waals surface area contributed by atoms with Crippen LogP contribution in [-0.4, -0.2) is 25.8 Å². The molecule has 0 aromatic rings. The number of rotatable bonds is 4. The maximum absolute atomic E-state index is 5.44. The van der Waals surface area contributed by atoms with Crippen molar-refractivity contribution in [2.75, 3.05) is 13.7 Å². The van der Waals surface area contributed by atoms with Crippen LogP contribution in [0.3, 0.4) is 0 Å². The van der Waals surface area contributed by atoms with Gasteiger partial charge >= 0.3 is 0 Å². The molecule has 0 spiro atoms. The van der Waals surface area contributed by atoms with Crippen LogP contribution in [0.4, 0.5) is 0 Å². The largest absolute Gasteiger partial charge is 0.381 e. The lowest BCUT2D eigenvalue weighted by atomic mass is 9.70. The summed E-state index contributed by atoms with van der Waals surface area (Å²) in [7, 11) is 1.85. The van der Waals surface area contributed by atoms with Crippen LogP contribution in [0.25, 0.3) is 0 Å². The Morgan fingerprint density at radius 3 is 2.21 bits per heavy atom. The van der Waals surface area contributed by atoms with E-state index in [2.05, 4.69) is 26.1 Å². The number of hydrogen-bond acceptors (Lipinski definition) is 2. The molecule has 19 heavy (non-hydrogen) atoms. The molecule has 112 valence electrons. The first kappa shape index (κ1) is 15.3. The second-order valence-corrected chi connectivity index (χ2v) is 7.86. The van der Waals surface area contributed by atoms with Gasteiger partial charge in [0.15, 0.2) is 0 Å². The fraction of sp³-hybridized carbons (Fsp3) is 1.00. The van der Waals surface area contributed by atoms with Crippen LogP contribution < -0.4 is 5.32 Å². The van der Waals surface area contributed by atoms with Crippen molar-refractivity contribution in [2.24, 2.45) is 17.3 Å². The Hall–Kier alpha value is -0.0800. The molecule has 2 heteroatoms. The minimum absolute atomic E-state index is 0.508. The van der Waals surface area contributed by atoms with E-state index in [0.717, 1.165) is 11.8 Å². The van der Waals surface area contributed by atoms with Crippen LogP contribution in [0.2, 0.25) is 0 Å². The van der Waals surface area contributed by atoms with Crippen LogP contribution in [-0.2, 0) is 4.74 Å². The number of nitrogens with one attached hydrogen (secondary N) is 1. The van der Waals surface area contributed by atoms with Gasteiger partial charge in [0, 0.05) is 13.2 Å². The molecule has 1 N–H and O–H groups in total. The molecule has 2 nitrogen and oxygen atoms in total. The highest BCUT2D eigenvalue weighted by atomic mass is 16.5. The summed E-state index contributed by atoms with van der Waals surface area (Å²) in [6, 6.07) is 0.713. The maximum atomic E-state index is 5.44. The highest BCUT2D eigenvalue weighted by Gasteiger charge is 2.30. The Morgan fingerprint density at radius 2 is 1.68 bits per heavy atom. The predicted octanol–water partition coefficient (Wildman–Crippen LogP) is 4.00. The highest BCUT2D eigenvalue weighted by Crippen LogP contribution is 2.39. The Morgan fingerprint density at radius 1 is 1.00 bits per heavy atom. The van der Waals surface area contributed by atoms with Crippen molar-refractivity contribution >= 4 is 0 Å². The summed E-state index contributed by atoms with van der Waals surface area (Å²) in [5.74, 6) is 1.85. The Labute approximate surface area is 119 Å². The molecule has 0 heterocycles. The lowest BCUT2D eigenvalue weighted by molar-refractivity contribution is 0.106. The lowest BCUT2D eigenvalue weighted by Gasteiger charge is -2.37. The molecule has 0 amide bonds. The second kappa shape index (κ2) is 6.58. The number of ether oxygens (including phenoxy) is 1. The van der Waals surface area contributed by atoms with E-state index in [1.54, 1.807) is 0 Å². The molecule has 0 saturated heterocycles. The van der Waals surface area contributed by atoms with Gasteiger partial charge in [0.05, 0.1) is 6.10 Å². The third kappa shape index (κ3) is 4.46. The van der Waals surface area contributed by atoms with Crippen LogP contribution in [0.5, 0.6) is 0 Å². The molecular formula is C17H33NO. The normalized spacial score (nSPS) is 36.6. The molecule has 2 aliphatic carbocycles. The molecule has 2 aliphatic rings. The van der Waals surface area contributed by atoms with Crippen LogP contribution in [0.1, 0.15) is 65.7 Å². The lowest BCUT2D eigenvalue weighted by Crippen LogP contribution is -2.35. The van der Waals surface area contributed by atoms with E-state index >= 15 is 0 Å². The minimum atomic E-state index is 0.508. The maximum Gasteiger partial charge on any atom is 0.0586 e. The van der Waals surface area contributed by atoms with Gasteiger partial charge in [0.25, 0.3) is 0 Å². The third-order valence-corrected chi connectivity index (χ3v) is 5.48. The number of hydrogen-bond donors (Lipinski definition) is 1. The summed E-state index contributed by atoms with van der Waals surface area (Å²) in [6.45, 7) is 8.44. The Balaban J connectivity index is 1.64. The van der Waals surface area contributed by atoms with Gasteiger partial charge in [-0.3, -0.25) is 0 Å². The molecule has 2 fully saturated rings. The summed E-state index contributed by atoms with van der Waals surface area (Å²) in [4.78, 5) is 0. The molecule has 2 rings (SSSR count). The van der Waals surface area contributed by atoms with E-state index in [1.807, 2.05) is 7.11 Å². The molecule has 2 atom stereocenters. The van der Waals surface area contributed by atoms with E-state index in [9.17, 15) is 0 Å². The van der Waals surface area contributed by atoms with Crippen LogP contribution >= 0.6 is 0 Å². The number of methoxy groups -OCH3 is 1. The Bertz CT molecular complexity index is 263. The summed E-state index contributed by atoms with van der Waals surface area (Å²) in [6.07, 6.45) is 9.98. The predicted molar refractivity (Wildman–Crippen MR) is 81.3 cm³/mol.